The third kappa shape index (κ3) is 2.99. The molecule has 148 valence electrons. The van der Waals surface area contributed by atoms with Crippen molar-refractivity contribution in [2.24, 2.45) is 0 Å². The summed E-state index contributed by atoms with van der Waals surface area (Å²) in [5, 5.41) is 3.27. The molecule has 0 spiro atoms. The molecule has 4 aromatic carbocycles. The van der Waals surface area contributed by atoms with Crippen molar-refractivity contribution in [1.82, 2.24) is 15.0 Å². The van der Waals surface area contributed by atoms with Gasteiger partial charge in [0.2, 0.25) is 0 Å². The molecule has 2 aromatic heterocycles. The maximum Gasteiger partial charge on any atom is 0.140 e. The van der Waals surface area contributed by atoms with Crippen LogP contribution in [0.4, 0.5) is 0 Å². The number of pyridine rings is 1. The molecule has 0 aliphatic rings. The summed E-state index contributed by atoms with van der Waals surface area (Å²) in [4.78, 5) is 13.7. The summed E-state index contributed by atoms with van der Waals surface area (Å²) in [6.07, 6.45) is 0. The molecule has 0 saturated carbocycles. The summed E-state index contributed by atoms with van der Waals surface area (Å²) in [6, 6.07) is 28.9. The Morgan fingerprint density at radius 1 is 0.581 bits per heavy atom. The van der Waals surface area contributed by atoms with Crippen LogP contribution < -0.4 is 0 Å². The Hall–Kier alpha value is -3.02. The van der Waals surface area contributed by atoms with Crippen LogP contribution in [-0.4, -0.2) is 15.0 Å². The zero-order chi connectivity index (χ0) is 20.9. The molecule has 0 atom stereocenters. The lowest BCUT2D eigenvalue weighted by Gasteiger charge is -2.08. The van der Waals surface area contributed by atoms with Crippen molar-refractivity contribution in [2.75, 3.05) is 0 Å². The number of benzene rings is 4. The maximum absolute atomic E-state index is 5.07. The lowest BCUT2D eigenvalue weighted by atomic mass is 10.0. The van der Waals surface area contributed by atoms with Gasteiger partial charge >= 0.3 is 0 Å². The average Bonchev–Trinajstić information content (AvgIpc) is 3.25. The maximum atomic E-state index is 5.07. The molecule has 0 amide bonds. The first-order valence-corrected chi connectivity index (χ1v) is 11.5. The van der Waals surface area contributed by atoms with E-state index in [1.165, 1.54) is 0 Å². The van der Waals surface area contributed by atoms with Crippen LogP contribution in [0, 0.1) is 0 Å². The number of rotatable bonds is 2. The molecule has 2 heterocycles. The summed E-state index contributed by atoms with van der Waals surface area (Å²) in [7, 11) is 0. The van der Waals surface area contributed by atoms with Gasteiger partial charge in [-0.05, 0) is 56.1 Å². The third-order valence-corrected chi connectivity index (χ3v) is 6.90. The summed E-state index contributed by atoms with van der Waals surface area (Å²) in [6.45, 7) is 0. The second kappa shape index (κ2) is 7.29. The van der Waals surface area contributed by atoms with Crippen molar-refractivity contribution in [3.05, 3.63) is 93.9 Å². The second-order valence-corrected chi connectivity index (χ2v) is 9.12. The first-order chi connectivity index (χ1) is 15.2. The molecule has 5 heteroatoms. The van der Waals surface area contributed by atoms with Crippen LogP contribution in [0.3, 0.4) is 0 Å². The van der Waals surface area contributed by atoms with Gasteiger partial charge in [0, 0.05) is 36.2 Å². The highest BCUT2D eigenvalue weighted by atomic mass is 79.9. The van der Waals surface area contributed by atoms with Gasteiger partial charge in [0.25, 0.3) is 0 Å². The fourth-order valence-electron chi connectivity index (χ4n) is 4.14. The van der Waals surface area contributed by atoms with E-state index in [4.69, 9.17) is 9.97 Å². The minimum absolute atomic E-state index is 0.819. The zero-order valence-corrected chi connectivity index (χ0v) is 19.4. The van der Waals surface area contributed by atoms with Gasteiger partial charge in [0.05, 0.1) is 22.2 Å². The predicted molar refractivity (Wildman–Crippen MR) is 135 cm³/mol. The van der Waals surface area contributed by atoms with Gasteiger partial charge < -0.3 is 4.98 Å². The molecule has 31 heavy (non-hydrogen) atoms. The second-order valence-electron chi connectivity index (χ2n) is 7.41. The Balaban J connectivity index is 1.71. The quantitative estimate of drug-likeness (QED) is 0.230. The third-order valence-electron chi connectivity index (χ3n) is 5.57. The van der Waals surface area contributed by atoms with E-state index in [0.717, 1.165) is 64.3 Å². The predicted octanol–water partition coefficient (Wildman–Crippen LogP) is 8.12. The molecule has 0 bridgehead atoms. The van der Waals surface area contributed by atoms with Crippen molar-refractivity contribution in [3.63, 3.8) is 0 Å². The molecule has 0 saturated heterocycles. The van der Waals surface area contributed by atoms with Crippen LogP contribution in [0.25, 0.3) is 55.4 Å². The van der Waals surface area contributed by atoms with Crippen LogP contribution in [-0.2, 0) is 0 Å². The number of halogens is 2. The van der Waals surface area contributed by atoms with E-state index in [-0.39, 0.29) is 0 Å². The van der Waals surface area contributed by atoms with Gasteiger partial charge in [0.1, 0.15) is 5.82 Å². The van der Waals surface area contributed by atoms with E-state index in [2.05, 4.69) is 85.4 Å². The number of nitrogens with zero attached hydrogens (tertiary/aromatic N) is 2. The molecule has 0 unspecified atom stereocenters. The molecule has 3 nitrogen and oxygen atoms in total. The fraction of sp³-hybridized carbons (Fsp3) is 0. The summed E-state index contributed by atoms with van der Waals surface area (Å²) >= 11 is 7.35. The summed E-state index contributed by atoms with van der Waals surface area (Å²) in [5.74, 6) is 0.819. The summed E-state index contributed by atoms with van der Waals surface area (Å²) in [5.41, 5.74) is 5.99. The van der Waals surface area contributed by atoms with E-state index in [1.807, 2.05) is 36.4 Å². The van der Waals surface area contributed by atoms with Crippen LogP contribution in [0.2, 0.25) is 0 Å². The molecular formula is C26H15Br2N3. The highest BCUT2D eigenvalue weighted by Crippen LogP contribution is 2.39. The lowest BCUT2D eigenvalue weighted by Crippen LogP contribution is -1.88. The number of hydrogen-bond acceptors (Lipinski definition) is 2. The van der Waals surface area contributed by atoms with Crippen molar-refractivity contribution in [1.29, 1.82) is 0 Å². The Morgan fingerprint density at radius 2 is 1.29 bits per heavy atom. The minimum atomic E-state index is 0.819. The van der Waals surface area contributed by atoms with Gasteiger partial charge in [-0.1, -0.05) is 60.7 Å². The number of imidazole rings is 1. The average molecular weight is 529 g/mol. The molecule has 0 aliphatic carbocycles. The molecular weight excluding hydrogens is 514 g/mol. The van der Waals surface area contributed by atoms with Gasteiger partial charge in [-0.2, -0.15) is 0 Å². The Morgan fingerprint density at radius 3 is 2.06 bits per heavy atom. The van der Waals surface area contributed by atoms with Crippen molar-refractivity contribution in [3.8, 4) is 22.6 Å². The highest BCUT2D eigenvalue weighted by molar-refractivity contribution is 9.11. The largest absolute Gasteiger partial charge is 0.337 e. The fourth-order valence-corrected chi connectivity index (χ4v) is 5.51. The SMILES string of the molecule is Brc1cccc(Br)c1-c1nc2c3ccc(-c4ccccc4)nc3c3ccccc3c2[nH]1. The molecule has 6 rings (SSSR count). The Labute approximate surface area is 195 Å². The van der Waals surface area contributed by atoms with Gasteiger partial charge in [-0.25, -0.2) is 9.97 Å². The molecule has 0 radical (unpaired) electrons. The highest BCUT2D eigenvalue weighted by Gasteiger charge is 2.17. The number of nitrogens with one attached hydrogen (secondary N) is 1. The Kier molecular flexibility index (Phi) is 4.40. The molecule has 0 aliphatic heterocycles. The summed E-state index contributed by atoms with van der Waals surface area (Å²) < 4.78 is 1.97. The van der Waals surface area contributed by atoms with Crippen LogP contribution in [0.15, 0.2) is 93.9 Å². The molecule has 1 N–H and O–H groups in total. The normalized spacial score (nSPS) is 11.5. The number of aromatic amines is 1. The van der Waals surface area contributed by atoms with Crippen molar-refractivity contribution in [2.45, 2.75) is 0 Å². The number of fused-ring (bicyclic) bond motifs is 6. The van der Waals surface area contributed by atoms with Gasteiger partial charge in [-0.15, -0.1) is 0 Å². The topological polar surface area (TPSA) is 41.6 Å². The first-order valence-electron chi connectivity index (χ1n) is 9.92. The first kappa shape index (κ1) is 18.7. The molecule has 0 fully saturated rings. The monoisotopic (exact) mass is 527 g/mol. The Bertz CT molecular complexity index is 1580. The minimum Gasteiger partial charge on any atom is -0.337 e. The van der Waals surface area contributed by atoms with Crippen molar-refractivity contribution >= 4 is 64.6 Å². The van der Waals surface area contributed by atoms with Crippen LogP contribution >= 0.6 is 31.9 Å². The van der Waals surface area contributed by atoms with E-state index in [1.54, 1.807) is 0 Å². The number of hydrogen-bond donors (Lipinski definition) is 1. The van der Waals surface area contributed by atoms with Crippen LogP contribution in [0.5, 0.6) is 0 Å². The number of H-pyrrole nitrogens is 1. The van der Waals surface area contributed by atoms with E-state index in [9.17, 15) is 0 Å². The van der Waals surface area contributed by atoms with Gasteiger partial charge in [0.15, 0.2) is 0 Å². The smallest absolute Gasteiger partial charge is 0.140 e. The lowest BCUT2D eigenvalue weighted by molar-refractivity contribution is 1.32. The van der Waals surface area contributed by atoms with Crippen molar-refractivity contribution < 1.29 is 0 Å². The van der Waals surface area contributed by atoms with Crippen LogP contribution in [0.1, 0.15) is 0 Å². The standard InChI is InChI=1S/C26H15Br2N3/c27-19-11-6-12-20(28)22(19)26-30-24-17-10-5-4-9-16(17)23-18(25(24)31-26)13-14-21(29-23)15-7-2-1-3-8-15/h1-14H,(H,30,31). The zero-order valence-electron chi connectivity index (χ0n) is 16.2. The number of aromatic nitrogens is 3. The van der Waals surface area contributed by atoms with E-state index in [0.29, 0.717) is 0 Å². The van der Waals surface area contributed by atoms with E-state index < -0.39 is 0 Å². The molecule has 6 aromatic rings. The van der Waals surface area contributed by atoms with E-state index >= 15 is 0 Å². The van der Waals surface area contributed by atoms with Gasteiger partial charge in [-0.3, -0.25) is 0 Å².